The Hall–Kier alpha value is -1.44. The monoisotopic (exact) mass is 471 g/mol. The summed E-state index contributed by atoms with van der Waals surface area (Å²) >= 11 is 0. The molecule has 7 heteroatoms. The maximum atomic E-state index is 12.5. The highest BCUT2D eigenvalue weighted by Crippen LogP contribution is 2.29. The lowest BCUT2D eigenvalue weighted by Gasteiger charge is -2.34. The van der Waals surface area contributed by atoms with Crippen LogP contribution in [0.2, 0.25) is 0 Å². The van der Waals surface area contributed by atoms with Gasteiger partial charge in [-0.3, -0.25) is 9.59 Å². The predicted molar refractivity (Wildman–Crippen MR) is 131 cm³/mol. The minimum atomic E-state index is -0.416. The number of aliphatic hydroxyl groups is 1. The van der Waals surface area contributed by atoms with Crippen LogP contribution in [0.15, 0.2) is 12.3 Å². The molecule has 0 aromatic rings. The van der Waals surface area contributed by atoms with Crippen LogP contribution in [0.1, 0.15) is 67.7 Å². The van der Waals surface area contributed by atoms with Gasteiger partial charge in [0.1, 0.15) is 6.10 Å². The molecular weight excluding hydrogens is 422 g/mol. The van der Waals surface area contributed by atoms with Gasteiger partial charge in [-0.05, 0) is 31.1 Å². The van der Waals surface area contributed by atoms with Crippen LogP contribution < -0.4 is 0 Å². The average Bonchev–Trinajstić information content (AvgIpc) is 2.77. The lowest BCUT2D eigenvalue weighted by Crippen LogP contribution is -2.39. The van der Waals surface area contributed by atoms with E-state index in [2.05, 4.69) is 6.92 Å². The molecule has 194 valence electrons. The Morgan fingerprint density at radius 1 is 0.970 bits per heavy atom. The first kappa shape index (κ1) is 31.6. The molecule has 0 aromatic heterocycles. The summed E-state index contributed by atoms with van der Waals surface area (Å²) in [6, 6.07) is 0. The number of nitrogens with zero attached hydrogens (tertiary/aromatic N) is 1. The third-order valence-electron chi connectivity index (χ3n) is 6.51. The molecule has 0 aliphatic heterocycles. The van der Waals surface area contributed by atoms with Crippen molar-refractivity contribution in [1.29, 1.82) is 0 Å². The third kappa shape index (κ3) is 11.5. The average molecular weight is 472 g/mol. The first-order valence-electron chi connectivity index (χ1n) is 12.2. The first-order chi connectivity index (χ1) is 15.4. The second-order valence-corrected chi connectivity index (χ2v) is 10.0. The van der Waals surface area contributed by atoms with E-state index in [9.17, 15) is 14.7 Å². The van der Waals surface area contributed by atoms with Gasteiger partial charge in [-0.1, -0.05) is 54.5 Å². The highest BCUT2D eigenvalue weighted by Gasteiger charge is 2.33. The number of methoxy groups -OCH3 is 2. The molecular formula is C26H49NO6. The van der Waals surface area contributed by atoms with E-state index in [4.69, 9.17) is 14.2 Å². The number of amides is 1. The van der Waals surface area contributed by atoms with Gasteiger partial charge in [0.15, 0.2) is 0 Å². The number of hydrogen-bond donors (Lipinski definition) is 1. The number of carbonyl (C=O) groups excluding carboxylic acids is 2. The molecule has 1 N–H and O–H groups in total. The molecule has 0 aromatic carbocycles. The fourth-order valence-electron chi connectivity index (χ4n) is 3.93. The first-order valence-corrected chi connectivity index (χ1v) is 12.2. The molecule has 7 nitrogen and oxygen atoms in total. The van der Waals surface area contributed by atoms with Crippen molar-refractivity contribution in [3.63, 3.8) is 0 Å². The Bertz CT molecular complexity index is 579. The quantitative estimate of drug-likeness (QED) is 0.252. The van der Waals surface area contributed by atoms with E-state index in [-0.39, 0.29) is 53.9 Å². The molecule has 33 heavy (non-hydrogen) atoms. The molecule has 7 unspecified atom stereocenters. The van der Waals surface area contributed by atoms with Gasteiger partial charge in [0.25, 0.3) is 0 Å². The van der Waals surface area contributed by atoms with Crippen LogP contribution in [0, 0.1) is 29.6 Å². The molecule has 0 heterocycles. The third-order valence-corrected chi connectivity index (χ3v) is 6.51. The van der Waals surface area contributed by atoms with Crippen molar-refractivity contribution in [2.45, 2.75) is 92.1 Å². The van der Waals surface area contributed by atoms with Gasteiger partial charge in [-0.2, -0.15) is 0 Å². The van der Waals surface area contributed by atoms with Crippen LogP contribution in [-0.2, 0) is 23.8 Å². The van der Waals surface area contributed by atoms with Crippen molar-refractivity contribution < 1.29 is 28.9 Å². The van der Waals surface area contributed by atoms with E-state index in [0.717, 1.165) is 12.8 Å². The summed E-state index contributed by atoms with van der Waals surface area (Å²) < 4.78 is 17.4. The summed E-state index contributed by atoms with van der Waals surface area (Å²) in [6.07, 6.45) is 5.43. The number of aliphatic hydroxyl groups excluding tert-OH is 1. The largest absolute Gasteiger partial charge is 0.462 e. The van der Waals surface area contributed by atoms with E-state index in [1.807, 2.05) is 47.6 Å². The summed E-state index contributed by atoms with van der Waals surface area (Å²) in [6.45, 7) is 13.8. The summed E-state index contributed by atoms with van der Waals surface area (Å²) in [5.41, 5.74) is 0. The lowest BCUT2D eigenvalue weighted by atomic mass is 9.84. The highest BCUT2D eigenvalue weighted by molar-refractivity contribution is 5.71. The zero-order valence-electron chi connectivity index (χ0n) is 22.5. The van der Waals surface area contributed by atoms with Crippen molar-refractivity contribution in [2.24, 2.45) is 29.6 Å². The topological polar surface area (TPSA) is 85.3 Å². The number of rotatable bonds is 17. The van der Waals surface area contributed by atoms with Crippen molar-refractivity contribution in [3.05, 3.63) is 12.3 Å². The number of hydrogen-bond acceptors (Lipinski definition) is 6. The van der Waals surface area contributed by atoms with Crippen LogP contribution in [0.3, 0.4) is 0 Å². The molecule has 0 radical (unpaired) electrons. The van der Waals surface area contributed by atoms with Gasteiger partial charge in [-0.25, -0.2) is 0 Å². The van der Waals surface area contributed by atoms with E-state index >= 15 is 0 Å². The number of ether oxygens (including phenoxy) is 3. The molecule has 0 spiro atoms. The maximum Gasteiger partial charge on any atom is 0.308 e. The molecule has 0 aliphatic rings. The van der Waals surface area contributed by atoms with Crippen LogP contribution in [-0.4, -0.2) is 68.1 Å². The van der Waals surface area contributed by atoms with E-state index in [1.54, 1.807) is 27.5 Å². The number of esters is 1. The fraction of sp³-hybridized carbons (Fsp3) is 0.846. The summed E-state index contributed by atoms with van der Waals surface area (Å²) in [7, 11) is 5.02. The standard InChI is InChI=1S/C26H49NO6/c1-17(2)22(29)15-24(31-9)19(5)11-12-23(33-26(30)18(3)4)21(7)25(32-10)20(6)13-14-27(8)16-28/h13-14,16-25,29H,11-12,15H2,1-10H3. The van der Waals surface area contributed by atoms with Crippen molar-refractivity contribution >= 4 is 12.4 Å². The minimum Gasteiger partial charge on any atom is -0.462 e. The second kappa shape index (κ2) is 16.2. The molecule has 0 bridgehead atoms. The molecule has 0 rings (SSSR count). The predicted octanol–water partition coefficient (Wildman–Crippen LogP) is 4.28. The SMILES string of the molecule is COC(CC(O)C(C)C)C(C)CCC(OC(=O)C(C)C)C(C)C(OC)C(C)C=CN(C)C=O. The Morgan fingerprint density at radius 3 is 2.03 bits per heavy atom. The van der Waals surface area contributed by atoms with Gasteiger partial charge in [0.05, 0.1) is 24.2 Å². The summed E-state index contributed by atoms with van der Waals surface area (Å²) in [4.78, 5) is 24.8. The summed E-state index contributed by atoms with van der Waals surface area (Å²) in [5.74, 6) is -0.132. The Balaban J connectivity index is 5.45. The van der Waals surface area contributed by atoms with Gasteiger partial charge in [-0.15, -0.1) is 0 Å². The number of carbonyl (C=O) groups is 2. The van der Waals surface area contributed by atoms with Crippen molar-refractivity contribution in [3.8, 4) is 0 Å². The Morgan fingerprint density at radius 2 is 1.58 bits per heavy atom. The van der Waals surface area contributed by atoms with Crippen LogP contribution in [0.4, 0.5) is 0 Å². The van der Waals surface area contributed by atoms with E-state index < -0.39 is 6.10 Å². The Kier molecular flexibility index (Phi) is 15.5. The normalized spacial score (nSPS) is 18.6. The summed E-state index contributed by atoms with van der Waals surface area (Å²) in [5, 5.41) is 10.3. The van der Waals surface area contributed by atoms with Crippen LogP contribution >= 0.6 is 0 Å². The molecule has 0 fully saturated rings. The van der Waals surface area contributed by atoms with Crippen molar-refractivity contribution in [1.82, 2.24) is 4.90 Å². The van der Waals surface area contributed by atoms with E-state index in [1.165, 1.54) is 4.90 Å². The molecule has 0 saturated carbocycles. The van der Waals surface area contributed by atoms with Crippen LogP contribution in [0.25, 0.3) is 0 Å². The minimum absolute atomic E-state index is 0.0120. The molecule has 0 saturated heterocycles. The lowest BCUT2D eigenvalue weighted by molar-refractivity contribution is -0.159. The van der Waals surface area contributed by atoms with Crippen LogP contribution in [0.5, 0.6) is 0 Å². The second-order valence-electron chi connectivity index (χ2n) is 10.0. The van der Waals surface area contributed by atoms with Gasteiger partial charge < -0.3 is 24.2 Å². The molecule has 0 aliphatic carbocycles. The fourth-order valence-corrected chi connectivity index (χ4v) is 3.93. The molecule has 1 amide bonds. The van der Waals surface area contributed by atoms with E-state index in [0.29, 0.717) is 12.8 Å². The van der Waals surface area contributed by atoms with Gasteiger partial charge >= 0.3 is 5.97 Å². The van der Waals surface area contributed by atoms with Gasteiger partial charge in [0, 0.05) is 39.3 Å². The van der Waals surface area contributed by atoms with Gasteiger partial charge in [0.2, 0.25) is 6.41 Å². The van der Waals surface area contributed by atoms with Crippen molar-refractivity contribution in [2.75, 3.05) is 21.3 Å². The zero-order valence-corrected chi connectivity index (χ0v) is 22.5. The highest BCUT2D eigenvalue weighted by atomic mass is 16.5. The smallest absolute Gasteiger partial charge is 0.308 e. The maximum absolute atomic E-state index is 12.5. The zero-order chi connectivity index (χ0) is 25.7. The molecule has 7 atom stereocenters. The Labute approximate surface area is 201 Å².